The van der Waals surface area contributed by atoms with Crippen LogP contribution in [0.3, 0.4) is 0 Å². The van der Waals surface area contributed by atoms with Crippen LogP contribution in [-0.4, -0.2) is 44.6 Å². The Balaban J connectivity index is 1.79. The van der Waals surface area contributed by atoms with Crippen LogP contribution in [0.4, 0.5) is 0 Å². The number of hydrogen-bond donors (Lipinski definition) is 1. The van der Waals surface area contributed by atoms with Gasteiger partial charge >= 0.3 is 0 Å². The number of amides is 1. The number of carbonyl (C=O) groups is 1. The maximum absolute atomic E-state index is 12.2. The molecule has 2 aliphatic rings. The Morgan fingerprint density at radius 2 is 2.06 bits per heavy atom. The summed E-state index contributed by atoms with van der Waals surface area (Å²) in [5.41, 5.74) is 1.06. The Morgan fingerprint density at radius 3 is 2.72 bits per heavy atom. The first-order valence-corrected chi connectivity index (χ1v) is 6.41. The van der Waals surface area contributed by atoms with Gasteiger partial charge in [-0.15, -0.1) is 0 Å². The summed E-state index contributed by atoms with van der Waals surface area (Å²) < 4.78 is 0. The predicted molar refractivity (Wildman–Crippen MR) is 70.7 cm³/mol. The van der Waals surface area contributed by atoms with E-state index in [1.54, 1.807) is 4.90 Å². The lowest BCUT2D eigenvalue weighted by Gasteiger charge is -2.19. The monoisotopic (exact) mass is 262 g/mol. The van der Waals surface area contributed by atoms with Crippen LogP contribution in [0.1, 0.15) is 12.0 Å². The van der Waals surface area contributed by atoms with Crippen LogP contribution >= 0.6 is 12.2 Å². The summed E-state index contributed by atoms with van der Waals surface area (Å²) in [5.74, 6) is 0.0143. The molecule has 0 unspecified atom stereocenters. The van der Waals surface area contributed by atoms with Gasteiger partial charge in [0.15, 0.2) is 5.11 Å². The summed E-state index contributed by atoms with van der Waals surface area (Å²) >= 11 is 5.33. The largest absolute Gasteiger partial charge is 0.391 e. The lowest BCUT2D eigenvalue weighted by atomic mass is 10.1. The smallest absolute Gasteiger partial charge is 0.251 e. The van der Waals surface area contributed by atoms with Crippen LogP contribution in [0, 0.1) is 0 Å². The maximum atomic E-state index is 12.2. The van der Waals surface area contributed by atoms with Crippen molar-refractivity contribution >= 4 is 23.2 Å². The van der Waals surface area contributed by atoms with Crippen molar-refractivity contribution in [1.29, 1.82) is 0 Å². The van der Waals surface area contributed by atoms with Gasteiger partial charge in [0, 0.05) is 13.0 Å². The maximum Gasteiger partial charge on any atom is 0.251 e. The van der Waals surface area contributed by atoms with E-state index in [1.165, 1.54) is 0 Å². The highest BCUT2D eigenvalue weighted by Crippen LogP contribution is 2.28. The van der Waals surface area contributed by atoms with Crippen LogP contribution in [0.15, 0.2) is 30.3 Å². The number of benzene rings is 1. The van der Waals surface area contributed by atoms with Crippen molar-refractivity contribution < 1.29 is 9.90 Å². The first-order valence-electron chi connectivity index (χ1n) is 6.01. The van der Waals surface area contributed by atoms with Gasteiger partial charge in [-0.05, 0) is 17.8 Å². The Hall–Kier alpha value is -1.46. The molecule has 0 spiro atoms. The third-order valence-electron chi connectivity index (χ3n) is 3.49. The van der Waals surface area contributed by atoms with Crippen LogP contribution in [0.5, 0.6) is 0 Å². The Bertz CT molecular complexity index is 467. The van der Waals surface area contributed by atoms with E-state index in [2.05, 4.69) is 0 Å². The van der Waals surface area contributed by atoms with E-state index < -0.39 is 6.10 Å². The minimum atomic E-state index is -0.434. The number of thiocarbonyl (C=S) groups is 1. The zero-order chi connectivity index (χ0) is 12.7. The van der Waals surface area contributed by atoms with E-state index in [4.69, 9.17) is 12.2 Å². The minimum Gasteiger partial charge on any atom is -0.391 e. The zero-order valence-corrected chi connectivity index (χ0v) is 10.6. The highest BCUT2D eigenvalue weighted by atomic mass is 32.1. The molecule has 1 aromatic rings. The van der Waals surface area contributed by atoms with Crippen LogP contribution in [0.2, 0.25) is 0 Å². The Kier molecular flexibility index (Phi) is 2.80. The molecule has 2 heterocycles. The first kappa shape index (κ1) is 11.6. The number of carbonyl (C=O) groups excluding carboxylic acids is 1. The third-order valence-corrected chi connectivity index (χ3v) is 3.95. The number of aliphatic hydroxyl groups is 1. The molecule has 3 rings (SSSR count). The summed E-state index contributed by atoms with van der Waals surface area (Å²) in [5, 5.41) is 10.1. The first-order chi connectivity index (χ1) is 8.66. The summed E-state index contributed by atoms with van der Waals surface area (Å²) in [4.78, 5) is 15.7. The molecule has 18 heavy (non-hydrogen) atoms. The Labute approximate surface area is 111 Å². The summed E-state index contributed by atoms with van der Waals surface area (Å²) in [6.45, 7) is 0.988. The molecule has 0 aliphatic carbocycles. The SMILES string of the molecule is O=C1[C@H]2C[C@H](O)CN2C(=S)N1Cc1ccccc1. The topological polar surface area (TPSA) is 43.8 Å². The van der Waals surface area contributed by atoms with Crippen molar-refractivity contribution in [3.05, 3.63) is 35.9 Å². The van der Waals surface area contributed by atoms with Gasteiger partial charge in [-0.25, -0.2) is 0 Å². The van der Waals surface area contributed by atoms with Gasteiger partial charge < -0.3 is 10.0 Å². The van der Waals surface area contributed by atoms with Gasteiger partial charge in [0.25, 0.3) is 5.91 Å². The minimum absolute atomic E-state index is 0.0143. The van der Waals surface area contributed by atoms with E-state index >= 15 is 0 Å². The van der Waals surface area contributed by atoms with Crippen molar-refractivity contribution in [2.24, 2.45) is 0 Å². The lowest BCUT2D eigenvalue weighted by Crippen LogP contribution is -2.34. The van der Waals surface area contributed by atoms with E-state index in [9.17, 15) is 9.90 Å². The molecule has 2 saturated heterocycles. The summed E-state index contributed by atoms with van der Waals surface area (Å²) in [6, 6.07) is 9.55. The lowest BCUT2D eigenvalue weighted by molar-refractivity contribution is -0.128. The number of hydrogen-bond acceptors (Lipinski definition) is 3. The second-order valence-electron chi connectivity index (χ2n) is 4.75. The molecule has 0 bridgehead atoms. The second-order valence-corrected chi connectivity index (χ2v) is 5.12. The average molecular weight is 262 g/mol. The van der Waals surface area contributed by atoms with Gasteiger partial charge in [-0.2, -0.15) is 0 Å². The molecular weight excluding hydrogens is 248 g/mol. The van der Waals surface area contributed by atoms with Gasteiger partial charge in [0.05, 0.1) is 12.6 Å². The fourth-order valence-corrected chi connectivity index (χ4v) is 2.96. The molecule has 1 N–H and O–H groups in total. The predicted octanol–water partition coefficient (Wildman–Crippen LogP) is 0.749. The standard InChI is InChI=1S/C13H14N2O2S/c16-10-6-11-12(17)15(13(18)14(11)8-10)7-9-4-2-1-3-5-9/h1-5,10-11,16H,6-8H2/t10-,11+/m0/s1. The molecule has 0 aromatic heterocycles. The van der Waals surface area contributed by atoms with Crippen molar-refractivity contribution in [1.82, 2.24) is 9.80 Å². The highest BCUT2D eigenvalue weighted by molar-refractivity contribution is 7.80. The molecule has 2 atom stereocenters. The van der Waals surface area contributed by atoms with E-state index in [-0.39, 0.29) is 11.9 Å². The van der Waals surface area contributed by atoms with Gasteiger partial charge in [0.2, 0.25) is 0 Å². The second kappa shape index (κ2) is 4.33. The Morgan fingerprint density at radius 1 is 1.33 bits per heavy atom. The number of nitrogens with zero attached hydrogens (tertiary/aromatic N) is 2. The molecule has 2 fully saturated rings. The van der Waals surface area contributed by atoms with E-state index in [0.29, 0.717) is 24.6 Å². The van der Waals surface area contributed by atoms with Crippen LogP contribution in [-0.2, 0) is 11.3 Å². The fourth-order valence-electron chi connectivity index (χ4n) is 2.60. The molecule has 0 radical (unpaired) electrons. The average Bonchev–Trinajstić information content (AvgIpc) is 2.85. The summed E-state index contributed by atoms with van der Waals surface area (Å²) in [6.07, 6.45) is 0.0559. The van der Waals surface area contributed by atoms with Crippen LogP contribution in [0.25, 0.3) is 0 Å². The van der Waals surface area contributed by atoms with Crippen LogP contribution < -0.4 is 0 Å². The molecular formula is C13H14N2O2S. The van der Waals surface area contributed by atoms with Crippen molar-refractivity contribution in [3.8, 4) is 0 Å². The van der Waals surface area contributed by atoms with Crippen molar-refractivity contribution in [2.45, 2.75) is 25.1 Å². The molecule has 94 valence electrons. The van der Waals surface area contributed by atoms with Gasteiger partial charge in [-0.3, -0.25) is 9.69 Å². The van der Waals surface area contributed by atoms with E-state index in [1.807, 2.05) is 35.2 Å². The zero-order valence-electron chi connectivity index (χ0n) is 9.82. The molecule has 4 nitrogen and oxygen atoms in total. The van der Waals surface area contributed by atoms with Gasteiger partial charge in [0.1, 0.15) is 6.04 Å². The molecule has 5 heteroatoms. The van der Waals surface area contributed by atoms with Gasteiger partial charge in [-0.1, -0.05) is 30.3 Å². The molecule has 0 saturated carbocycles. The fraction of sp³-hybridized carbons (Fsp3) is 0.385. The highest BCUT2D eigenvalue weighted by Gasteiger charge is 2.47. The molecule has 2 aliphatic heterocycles. The molecule has 1 amide bonds. The third kappa shape index (κ3) is 1.79. The van der Waals surface area contributed by atoms with E-state index in [0.717, 1.165) is 5.56 Å². The normalized spacial score (nSPS) is 26.9. The van der Waals surface area contributed by atoms with Crippen molar-refractivity contribution in [2.75, 3.05) is 6.54 Å². The number of fused-ring (bicyclic) bond motifs is 1. The quantitative estimate of drug-likeness (QED) is 0.799. The molecule has 1 aromatic carbocycles. The summed E-state index contributed by atoms with van der Waals surface area (Å²) in [7, 11) is 0. The number of rotatable bonds is 2. The van der Waals surface area contributed by atoms with Crippen molar-refractivity contribution in [3.63, 3.8) is 0 Å². The number of aliphatic hydroxyl groups excluding tert-OH is 1.